The molecule has 0 fully saturated rings. The fourth-order valence-electron chi connectivity index (χ4n) is 2.48. The Labute approximate surface area is 130 Å². The third-order valence-electron chi connectivity index (χ3n) is 3.49. The van der Waals surface area contributed by atoms with Crippen molar-refractivity contribution in [3.63, 3.8) is 0 Å². The lowest BCUT2D eigenvalue weighted by molar-refractivity contribution is -0.136. The molecule has 0 aliphatic rings. The Bertz CT molecular complexity index is 875. The number of benzene rings is 2. The van der Waals surface area contributed by atoms with Crippen molar-refractivity contribution in [2.75, 3.05) is 7.11 Å². The summed E-state index contributed by atoms with van der Waals surface area (Å²) in [4.78, 5) is 8.34. The fourth-order valence-corrected chi connectivity index (χ4v) is 2.48. The number of rotatable bonds is 2. The zero-order chi connectivity index (χ0) is 16.6. The molecule has 0 spiro atoms. The predicted octanol–water partition coefficient (Wildman–Crippen LogP) is 4.63. The van der Waals surface area contributed by atoms with Crippen LogP contribution in [-0.4, -0.2) is 17.1 Å². The molecule has 6 heteroatoms. The van der Waals surface area contributed by atoms with E-state index in [-0.39, 0.29) is 11.3 Å². The molecule has 0 amide bonds. The van der Waals surface area contributed by atoms with Gasteiger partial charge in [-0.3, -0.25) is 0 Å². The lowest BCUT2D eigenvalue weighted by atomic mass is 10.0. The molecule has 1 aromatic heterocycles. The number of para-hydroxylation sites is 1. The van der Waals surface area contributed by atoms with E-state index in [4.69, 9.17) is 4.74 Å². The van der Waals surface area contributed by atoms with Crippen LogP contribution in [0.15, 0.2) is 42.5 Å². The van der Waals surface area contributed by atoms with Crippen molar-refractivity contribution < 1.29 is 17.9 Å². The van der Waals surface area contributed by atoms with Crippen molar-refractivity contribution in [3.8, 4) is 17.0 Å². The topological polar surface area (TPSA) is 35.0 Å². The Balaban J connectivity index is 2.34. The van der Waals surface area contributed by atoms with Gasteiger partial charge in [0.2, 0.25) is 0 Å². The van der Waals surface area contributed by atoms with Crippen LogP contribution in [0.25, 0.3) is 22.2 Å². The van der Waals surface area contributed by atoms with Gasteiger partial charge in [0.05, 0.1) is 23.9 Å². The number of hydrogen-bond donors (Lipinski definition) is 0. The zero-order valence-corrected chi connectivity index (χ0v) is 12.5. The van der Waals surface area contributed by atoms with Crippen LogP contribution in [0.4, 0.5) is 13.2 Å². The maximum atomic E-state index is 13.2. The number of fused-ring (bicyclic) bond motifs is 1. The van der Waals surface area contributed by atoms with Crippen molar-refractivity contribution in [1.82, 2.24) is 9.97 Å². The van der Waals surface area contributed by atoms with Crippen LogP contribution in [0.1, 0.15) is 11.4 Å². The smallest absolute Gasteiger partial charge is 0.418 e. The van der Waals surface area contributed by atoms with E-state index in [1.54, 1.807) is 37.3 Å². The third kappa shape index (κ3) is 2.84. The third-order valence-corrected chi connectivity index (χ3v) is 3.49. The lowest BCUT2D eigenvalue weighted by Crippen LogP contribution is -2.08. The van der Waals surface area contributed by atoms with Crippen LogP contribution >= 0.6 is 0 Å². The summed E-state index contributed by atoms with van der Waals surface area (Å²) in [6, 6.07) is 11.0. The number of aromatic nitrogens is 2. The van der Waals surface area contributed by atoms with E-state index in [9.17, 15) is 13.2 Å². The van der Waals surface area contributed by atoms with Crippen molar-refractivity contribution in [2.45, 2.75) is 13.1 Å². The Kier molecular flexibility index (Phi) is 3.67. The summed E-state index contributed by atoms with van der Waals surface area (Å²) in [6.07, 6.45) is -4.47. The van der Waals surface area contributed by atoms with Crippen molar-refractivity contribution >= 4 is 10.9 Å². The minimum absolute atomic E-state index is 0.0923. The molecule has 3 rings (SSSR count). The van der Waals surface area contributed by atoms with E-state index in [1.165, 1.54) is 13.2 Å². The number of aryl methyl sites for hydroxylation is 1. The SMILES string of the molecule is COc1cccc(-c2nc(C)nc3c(C(F)(F)F)cccc23)c1. The molecule has 1 heterocycles. The summed E-state index contributed by atoms with van der Waals surface area (Å²) < 4.78 is 44.8. The monoisotopic (exact) mass is 318 g/mol. The molecule has 0 saturated heterocycles. The fraction of sp³-hybridized carbons (Fsp3) is 0.176. The molecule has 0 saturated carbocycles. The van der Waals surface area contributed by atoms with Crippen molar-refractivity contribution in [2.24, 2.45) is 0 Å². The zero-order valence-electron chi connectivity index (χ0n) is 12.5. The molecule has 0 radical (unpaired) electrons. The Hall–Kier alpha value is -2.63. The number of methoxy groups -OCH3 is 1. The van der Waals surface area contributed by atoms with Gasteiger partial charge in [0, 0.05) is 10.9 Å². The van der Waals surface area contributed by atoms with E-state index in [0.29, 0.717) is 22.4 Å². The van der Waals surface area contributed by atoms with E-state index in [2.05, 4.69) is 9.97 Å². The molecule has 0 aliphatic heterocycles. The van der Waals surface area contributed by atoms with E-state index < -0.39 is 11.7 Å². The molecule has 3 nitrogen and oxygen atoms in total. The molecule has 3 aromatic rings. The molecular weight excluding hydrogens is 305 g/mol. The molecule has 0 aliphatic carbocycles. The molecule has 23 heavy (non-hydrogen) atoms. The van der Waals surface area contributed by atoms with E-state index in [1.807, 2.05) is 0 Å². The Morgan fingerprint density at radius 2 is 1.74 bits per heavy atom. The van der Waals surface area contributed by atoms with Crippen LogP contribution < -0.4 is 4.74 Å². The molecule has 0 unspecified atom stereocenters. The van der Waals surface area contributed by atoms with Gasteiger partial charge >= 0.3 is 6.18 Å². The molecule has 2 aromatic carbocycles. The van der Waals surface area contributed by atoms with Gasteiger partial charge < -0.3 is 4.74 Å². The van der Waals surface area contributed by atoms with E-state index >= 15 is 0 Å². The van der Waals surface area contributed by atoms with Gasteiger partial charge in [-0.2, -0.15) is 13.2 Å². The standard InChI is InChI=1S/C17H13F3N2O/c1-10-21-15(11-5-3-6-12(9-11)23-2)13-7-4-8-14(16(13)22-10)17(18,19)20/h3-9H,1-2H3. The molecule has 0 atom stereocenters. The number of halogens is 3. The molecule has 118 valence electrons. The first-order valence-electron chi connectivity index (χ1n) is 6.89. The summed E-state index contributed by atoms with van der Waals surface area (Å²) in [6.45, 7) is 1.58. The Morgan fingerprint density at radius 3 is 2.43 bits per heavy atom. The minimum atomic E-state index is -4.47. The highest BCUT2D eigenvalue weighted by Gasteiger charge is 2.33. The normalized spacial score (nSPS) is 11.7. The lowest BCUT2D eigenvalue weighted by Gasteiger charge is -2.13. The second-order valence-corrected chi connectivity index (χ2v) is 5.05. The molecule has 0 N–H and O–H groups in total. The van der Waals surface area contributed by atoms with Gasteiger partial charge in [-0.25, -0.2) is 9.97 Å². The van der Waals surface area contributed by atoms with Gasteiger partial charge in [0.1, 0.15) is 11.6 Å². The first kappa shape index (κ1) is 15.3. The second kappa shape index (κ2) is 5.53. The number of hydrogen-bond acceptors (Lipinski definition) is 3. The first-order chi connectivity index (χ1) is 10.9. The summed E-state index contributed by atoms with van der Waals surface area (Å²) in [5.74, 6) is 0.894. The van der Waals surface area contributed by atoms with Gasteiger partial charge in [-0.1, -0.05) is 24.3 Å². The van der Waals surface area contributed by atoms with Gasteiger partial charge in [-0.05, 0) is 25.1 Å². The van der Waals surface area contributed by atoms with Gasteiger partial charge in [0.15, 0.2) is 0 Å². The number of ether oxygens (including phenoxy) is 1. The summed E-state index contributed by atoms with van der Waals surface area (Å²) in [5, 5.41) is 0.360. The maximum Gasteiger partial charge on any atom is 0.418 e. The number of nitrogens with zero attached hydrogens (tertiary/aromatic N) is 2. The highest BCUT2D eigenvalue weighted by Crippen LogP contribution is 2.36. The summed E-state index contributed by atoms with van der Waals surface area (Å²) in [7, 11) is 1.53. The highest BCUT2D eigenvalue weighted by molar-refractivity contribution is 5.94. The Morgan fingerprint density at radius 1 is 1.00 bits per heavy atom. The predicted molar refractivity (Wildman–Crippen MR) is 81.3 cm³/mol. The van der Waals surface area contributed by atoms with Crippen LogP contribution in [0.2, 0.25) is 0 Å². The highest BCUT2D eigenvalue weighted by atomic mass is 19.4. The van der Waals surface area contributed by atoms with Gasteiger partial charge in [0.25, 0.3) is 0 Å². The van der Waals surface area contributed by atoms with E-state index in [0.717, 1.165) is 6.07 Å². The molecular formula is C17H13F3N2O. The quantitative estimate of drug-likeness (QED) is 0.691. The maximum absolute atomic E-state index is 13.2. The average molecular weight is 318 g/mol. The van der Waals surface area contributed by atoms with Crippen LogP contribution in [0.5, 0.6) is 5.75 Å². The average Bonchev–Trinajstić information content (AvgIpc) is 2.52. The summed E-state index contributed by atoms with van der Waals surface area (Å²) in [5.41, 5.74) is 0.284. The van der Waals surface area contributed by atoms with Crippen molar-refractivity contribution in [1.29, 1.82) is 0 Å². The second-order valence-electron chi connectivity index (χ2n) is 5.05. The molecule has 0 bridgehead atoms. The van der Waals surface area contributed by atoms with Gasteiger partial charge in [-0.15, -0.1) is 0 Å². The first-order valence-corrected chi connectivity index (χ1v) is 6.89. The van der Waals surface area contributed by atoms with Crippen molar-refractivity contribution in [3.05, 3.63) is 53.9 Å². The van der Waals surface area contributed by atoms with Crippen LogP contribution in [0.3, 0.4) is 0 Å². The largest absolute Gasteiger partial charge is 0.497 e. The minimum Gasteiger partial charge on any atom is -0.497 e. The summed E-state index contributed by atoms with van der Waals surface area (Å²) >= 11 is 0. The van der Waals surface area contributed by atoms with Crippen LogP contribution in [0, 0.1) is 6.92 Å². The number of alkyl halides is 3. The van der Waals surface area contributed by atoms with Crippen LogP contribution in [-0.2, 0) is 6.18 Å².